The maximum atomic E-state index is 13.5. The summed E-state index contributed by atoms with van der Waals surface area (Å²) in [6, 6.07) is 4.47. The van der Waals surface area contributed by atoms with Gasteiger partial charge in [0.15, 0.2) is 17.3 Å². The zero-order valence-corrected chi connectivity index (χ0v) is 12.4. The molecule has 19 heavy (non-hydrogen) atoms. The van der Waals surface area contributed by atoms with E-state index in [0.29, 0.717) is 4.47 Å². The molecule has 0 amide bonds. The van der Waals surface area contributed by atoms with E-state index in [1.807, 2.05) is 0 Å². The Kier molecular flexibility index (Phi) is 4.05. The molecule has 2 N–H and O–H groups in total. The molecule has 0 saturated heterocycles. The van der Waals surface area contributed by atoms with E-state index < -0.39 is 17.5 Å². The molecular formula is C12H6Br2F3NO. The van der Waals surface area contributed by atoms with Crippen molar-refractivity contribution >= 4 is 37.5 Å². The van der Waals surface area contributed by atoms with Crippen LogP contribution < -0.4 is 10.5 Å². The normalized spacial score (nSPS) is 10.6. The van der Waals surface area contributed by atoms with Crippen LogP contribution in [0.5, 0.6) is 11.5 Å². The molecule has 0 atom stereocenters. The molecular weight excluding hydrogens is 391 g/mol. The second kappa shape index (κ2) is 5.42. The lowest BCUT2D eigenvalue weighted by atomic mass is 10.2. The molecule has 0 saturated carbocycles. The van der Waals surface area contributed by atoms with Crippen LogP contribution in [0.1, 0.15) is 0 Å². The van der Waals surface area contributed by atoms with Gasteiger partial charge in [-0.3, -0.25) is 0 Å². The van der Waals surface area contributed by atoms with Crippen LogP contribution >= 0.6 is 31.9 Å². The monoisotopic (exact) mass is 395 g/mol. The molecule has 7 heteroatoms. The molecule has 2 aromatic rings. The number of halogens is 5. The van der Waals surface area contributed by atoms with E-state index in [-0.39, 0.29) is 21.7 Å². The molecule has 100 valence electrons. The van der Waals surface area contributed by atoms with Gasteiger partial charge >= 0.3 is 0 Å². The highest BCUT2D eigenvalue weighted by Gasteiger charge is 2.14. The lowest BCUT2D eigenvalue weighted by Crippen LogP contribution is -1.97. The number of nitrogen functional groups attached to an aromatic ring is 1. The molecule has 0 bridgehead atoms. The highest BCUT2D eigenvalue weighted by atomic mass is 79.9. The minimum Gasteiger partial charge on any atom is -0.452 e. The summed E-state index contributed by atoms with van der Waals surface area (Å²) in [5.74, 6) is -3.13. The van der Waals surface area contributed by atoms with Gasteiger partial charge in [0.05, 0.1) is 10.2 Å². The van der Waals surface area contributed by atoms with Crippen molar-refractivity contribution in [1.82, 2.24) is 0 Å². The molecule has 0 radical (unpaired) electrons. The molecule has 0 aliphatic carbocycles. The molecule has 2 aromatic carbocycles. The number of hydrogen-bond acceptors (Lipinski definition) is 2. The molecule has 0 aliphatic rings. The van der Waals surface area contributed by atoms with E-state index in [2.05, 4.69) is 31.9 Å². The minimum absolute atomic E-state index is 0.0182. The average Bonchev–Trinajstić information content (AvgIpc) is 2.32. The van der Waals surface area contributed by atoms with Gasteiger partial charge in [-0.2, -0.15) is 4.39 Å². The largest absolute Gasteiger partial charge is 0.452 e. The molecule has 0 heterocycles. The Morgan fingerprint density at radius 3 is 2.26 bits per heavy atom. The summed E-state index contributed by atoms with van der Waals surface area (Å²) in [6.07, 6.45) is 0. The number of anilines is 1. The van der Waals surface area contributed by atoms with Crippen LogP contribution in [0.4, 0.5) is 18.9 Å². The second-order valence-electron chi connectivity index (χ2n) is 3.61. The molecule has 0 spiro atoms. The highest BCUT2D eigenvalue weighted by molar-refractivity contribution is 9.10. The van der Waals surface area contributed by atoms with Gasteiger partial charge in [0.25, 0.3) is 0 Å². The number of rotatable bonds is 2. The molecule has 0 unspecified atom stereocenters. The second-order valence-corrected chi connectivity index (χ2v) is 5.38. The summed E-state index contributed by atoms with van der Waals surface area (Å²) in [6.45, 7) is 0. The quantitative estimate of drug-likeness (QED) is 0.572. The first-order valence-corrected chi connectivity index (χ1v) is 6.54. The summed E-state index contributed by atoms with van der Waals surface area (Å²) in [4.78, 5) is 0. The van der Waals surface area contributed by atoms with Crippen molar-refractivity contribution in [3.63, 3.8) is 0 Å². The molecule has 0 fully saturated rings. The minimum atomic E-state index is -1.15. The molecule has 2 nitrogen and oxygen atoms in total. The predicted octanol–water partition coefficient (Wildman–Crippen LogP) is 5.00. The zero-order valence-electron chi connectivity index (χ0n) is 9.18. The molecule has 2 rings (SSSR count). The van der Waals surface area contributed by atoms with Gasteiger partial charge in [0, 0.05) is 16.6 Å². The Morgan fingerprint density at radius 2 is 1.58 bits per heavy atom. The number of benzene rings is 2. The van der Waals surface area contributed by atoms with Crippen molar-refractivity contribution in [2.45, 2.75) is 0 Å². The SMILES string of the molecule is Nc1cc(F)c(Br)cc1Oc1cc(Br)cc(F)c1F. The van der Waals surface area contributed by atoms with Gasteiger partial charge in [-0.15, -0.1) is 0 Å². The Labute approximate surface area is 123 Å². The van der Waals surface area contributed by atoms with E-state index >= 15 is 0 Å². The van der Waals surface area contributed by atoms with Crippen LogP contribution in [0, 0.1) is 17.5 Å². The fourth-order valence-corrected chi connectivity index (χ4v) is 2.09. The fraction of sp³-hybridized carbons (Fsp3) is 0. The van der Waals surface area contributed by atoms with Crippen LogP contribution in [0.3, 0.4) is 0 Å². The number of hydrogen-bond donors (Lipinski definition) is 1. The predicted molar refractivity (Wildman–Crippen MR) is 72.6 cm³/mol. The first-order valence-electron chi connectivity index (χ1n) is 4.95. The average molecular weight is 397 g/mol. The molecule has 0 aromatic heterocycles. The summed E-state index contributed by atoms with van der Waals surface area (Å²) < 4.78 is 45.5. The zero-order chi connectivity index (χ0) is 14.2. The Balaban J connectivity index is 2.44. The third-order valence-electron chi connectivity index (χ3n) is 2.23. The van der Waals surface area contributed by atoms with E-state index in [1.54, 1.807) is 0 Å². The van der Waals surface area contributed by atoms with Crippen LogP contribution in [0.2, 0.25) is 0 Å². The number of nitrogens with two attached hydrogens (primary N) is 1. The summed E-state index contributed by atoms with van der Waals surface area (Å²) in [5.41, 5.74) is 5.52. The first-order chi connectivity index (χ1) is 8.88. The van der Waals surface area contributed by atoms with Gasteiger partial charge in [-0.05, 0) is 28.1 Å². The summed E-state index contributed by atoms with van der Waals surface area (Å²) >= 11 is 5.97. The maximum Gasteiger partial charge on any atom is 0.201 e. The Hall–Kier alpha value is -1.21. The van der Waals surface area contributed by atoms with Gasteiger partial charge in [0.2, 0.25) is 5.82 Å². The van der Waals surface area contributed by atoms with Crippen LogP contribution in [-0.4, -0.2) is 0 Å². The van der Waals surface area contributed by atoms with Gasteiger partial charge < -0.3 is 10.5 Å². The van der Waals surface area contributed by atoms with Gasteiger partial charge in [-0.25, -0.2) is 8.78 Å². The standard InChI is InChI=1S/C12H6Br2F3NO/c13-5-1-8(16)12(17)11(2-5)19-10-3-6(14)7(15)4-9(10)18/h1-4H,18H2. The van der Waals surface area contributed by atoms with Crippen LogP contribution in [0.25, 0.3) is 0 Å². The summed E-state index contributed by atoms with van der Waals surface area (Å²) in [7, 11) is 0. The van der Waals surface area contributed by atoms with Gasteiger partial charge in [-0.1, -0.05) is 15.9 Å². The third kappa shape index (κ3) is 3.03. The van der Waals surface area contributed by atoms with E-state index in [9.17, 15) is 13.2 Å². The first kappa shape index (κ1) is 14.2. The fourth-order valence-electron chi connectivity index (χ4n) is 1.36. The lowest BCUT2D eigenvalue weighted by Gasteiger charge is -2.11. The van der Waals surface area contributed by atoms with Crippen LogP contribution in [-0.2, 0) is 0 Å². The topological polar surface area (TPSA) is 35.2 Å². The van der Waals surface area contributed by atoms with Crippen LogP contribution in [0.15, 0.2) is 33.2 Å². The van der Waals surface area contributed by atoms with E-state index in [4.69, 9.17) is 10.5 Å². The lowest BCUT2D eigenvalue weighted by molar-refractivity contribution is 0.416. The third-order valence-corrected chi connectivity index (χ3v) is 3.30. The van der Waals surface area contributed by atoms with Gasteiger partial charge in [0.1, 0.15) is 5.82 Å². The highest BCUT2D eigenvalue weighted by Crippen LogP contribution is 2.35. The van der Waals surface area contributed by atoms with Crippen molar-refractivity contribution in [3.8, 4) is 11.5 Å². The smallest absolute Gasteiger partial charge is 0.201 e. The molecule has 0 aliphatic heterocycles. The van der Waals surface area contributed by atoms with Crippen molar-refractivity contribution in [3.05, 3.63) is 50.7 Å². The van der Waals surface area contributed by atoms with Crippen molar-refractivity contribution in [2.24, 2.45) is 0 Å². The number of ether oxygens (including phenoxy) is 1. The van der Waals surface area contributed by atoms with E-state index in [1.165, 1.54) is 12.1 Å². The maximum absolute atomic E-state index is 13.5. The van der Waals surface area contributed by atoms with Crippen molar-refractivity contribution < 1.29 is 17.9 Å². The van der Waals surface area contributed by atoms with E-state index in [0.717, 1.165) is 12.1 Å². The van der Waals surface area contributed by atoms with Crippen molar-refractivity contribution in [1.29, 1.82) is 0 Å². The van der Waals surface area contributed by atoms with Crippen molar-refractivity contribution in [2.75, 3.05) is 5.73 Å². The Morgan fingerprint density at radius 1 is 0.895 bits per heavy atom. The summed E-state index contributed by atoms with van der Waals surface area (Å²) in [5, 5.41) is 0. The Bertz CT molecular complexity index is 649.